The number of benzene rings is 1. The summed E-state index contributed by atoms with van der Waals surface area (Å²) in [5, 5.41) is 14.2. The van der Waals surface area contributed by atoms with Gasteiger partial charge in [0.1, 0.15) is 6.07 Å². The maximum atomic E-state index is 12.5. The van der Waals surface area contributed by atoms with Crippen LogP contribution in [0.15, 0.2) is 42.0 Å². The van der Waals surface area contributed by atoms with E-state index < -0.39 is 0 Å². The minimum absolute atomic E-state index is 0.0149. The Balaban J connectivity index is 1.95. The Morgan fingerprint density at radius 2 is 2.04 bits per heavy atom. The second-order valence-electron chi connectivity index (χ2n) is 7.42. The number of rotatable bonds is 1. The molecule has 1 aromatic carbocycles. The van der Waals surface area contributed by atoms with Gasteiger partial charge >= 0.3 is 0 Å². The van der Waals surface area contributed by atoms with Crippen LogP contribution in [0.5, 0.6) is 0 Å². The molecule has 0 N–H and O–H groups in total. The zero-order chi connectivity index (χ0) is 17.8. The van der Waals surface area contributed by atoms with E-state index in [2.05, 4.69) is 25.1 Å². The molecule has 4 heteroatoms. The van der Waals surface area contributed by atoms with Crippen LogP contribution in [0.3, 0.4) is 0 Å². The molecule has 0 saturated heterocycles. The van der Waals surface area contributed by atoms with Gasteiger partial charge in [-0.15, -0.1) is 0 Å². The average molecular weight is 331 g/mol. The number of carbonyl (C=O) groups excluding carboxylic acids is 1. The Morgan fingerprint density at radius 3 is 2.72 bits per heavy atom. The third kappa shape index (κ3) is 2.12. The van der Waals surface area contributed by atoms with E-state index in [4.69, 9.17) is 5.10 Å². The first-order valence-corrected chi connectivity index (χ1v) is 8.76. The molecule has 0 fully saturated rings. The van der Waals surface area contributed by atoms with Gasteiger partial charge in [-0.1, -0.05) is 50.3 Å². The molecule has 4 nitrogen and oxygen atoms in total. The number of hydrogen-bond donors (Lipinski definition) is 0. The van der Waals surface area contributed by atoms with Crippen LogP contribution >= 0.6 is 0 Å². The van der Waals surface area contributed by atoms with Crippen LogP contribution in [0.25, 0.3) is 11.3 Å². The summed E-state index contributed by atoms with van der Waals surface area (Å²) in [4.78, 5) is 12.5. The number of nitrogens with zero attached hydrogens (tertiary/aromatic N) is 3. The maximum absolute atomic E-state index is 12.5. The monoisotopic (exact) mass is 331 g/mol. The summed E-state index contributed by atoms with van der Waals surface area (Å²) in [6.45, 7) is 4.13. The highest BCUT2D eigenvalue weighted by Crippen LogP contribution is 2.51. The maximum Gasteiger partial charge on any atom is 0.176 e. The van der Waals surface area contributed by atoms with Gasteiger partial charge in [0.2, 0.25) is 0 Å². The molecule has 0 radical (unpaired) electrons. The van der Waals surface area contributed by atoms with Crippen molar-refractivity contribution in [3.05, 3.63) is 53.2 Å². The molecule has 2 aliphatic carbocycles. The number of allylic oxidation sites excluding steroid dienone is 2. The fraction of sp³-hybridized carbons (Fsp3) is 0.381. The van der Waals surface area contributed by atoms with E-state index in [0.29, 0.717) is 5.57 Å². The average Bonchev–Trinajstić information content (AvgIpc) is 2.97. The molecule has 0 aliphatic heterocycles. The van der Waals surface area contributed by atoms with Crippen LogP contribution in [-0.4, -0.2) is 15.6 Å². The van der Waals surface area contributed by atoms with Gasteiger partial charge in [0, 0.05) is 29.5 Å². The summed E-state index contributed by atoms with van der Waals surface area (Å²) >= 11 is 0. The lowest BCUT2D eigenvalue weighted by atomic mass is 9.58. The Morgan fingerprint density at radius 1 is 1.32 bits per heavy atom. The predicted molar refractivity (Wildman–Crippen MR) is 95.7 cm³/mol. The fourth-order valence-corrected chi connectivity index (χ4v) is 4.91. The zero-order valence-electron chi connectivity index (χ0n) is 14.8. The minimum atomic E-state index is -0.333. The van der Waals surface area contributed by atoms with Crippen LogP contribution in [0.2, 0.25) is 0 Å². The minimum Gasteiger partial charge on any atom is -0.293 e. The number of nitriles is 1. The van der Waals surface area contributed by atoms with Crippen molar-refractivity contribution in [2.24, 2.45) is 18.9 Å². The van der Waals surface area contributed by atoms with Gasteiger partial charge in [0.25, 0.3) is 0 Å². The SMILES string of the molecule is C[C@H]1C(=O)C(C#N)=C[C@@]2(C)c3c(c(-c4ccccc4)nn3C)CC[C@H]12. The molecule has 0 spiro atoms. The van der Waals surface area contributed by atoms with Crippen molar-refractivity contribution in [2.45, 2.75) is 32.1 Å². The number of fused-ring (bicyclic) bond motifs is 3. The first-order chi connectivity index (χ1) is 12.0. The van der Waals surface area contributed by atoms with Gasteiger partial charge in [-0.25, -0.2) is 0 Å². The Hall–Kier alpha value is -2.67. The second kappa shape index (κ2) is 5.42. The van der Waals surface area contributed by atoms with Crippen molar-refractivity contribution in [1.82, 2.24) is 9.78 Å². The zero-order valence-corrected chi connectivity index (χ0v) is 14.8. The lowest BCUT2D eigenvalue weighted by molar-refractivity contribution is -0.121. The molecular weight excluding hydrogens is 310 g/mol. The van der Waals surface area contributed by atoms with Crippen molar-refractivity contribution in [2.75, 3.05) is 0 Å². The van der Waals surface area contributed by atoms with Crippen molar-refractivity contribution in [3.8, 4) is 17.3 Å². The molecule has 1 aromatic heterocycles. The molecule has 126 valence electrons. The molecule has 0 saturated carbocycles. The van der Waals surface area contributed by atoms with E-state index in [1.165, 1.54) is 5.56 Å². The highest BCUT2D eigenvalue weighted by atomic mass is 16.1. The largest absolute Gasteiger partial charge is 0.293 e. The quantitative estimate of drug-likeness (QED) is 0.802. The van der Waals surface area contributed by atoms with Gasteiger partial charge < -0.3 is 0 Å². The summed E-state index contributed by atoms with van der Waals surface area (Å²) in [5.41, 5.74) is 4.50. The van der Waals surface area contributed by atoms with Crippen LogP contribution < -0.4 is 0 Å². The van der Waals surface area contributed by atoms with Gasteiger partial charge in [0.15, 0.2) is 5.78 Å². The van der Waals surface area contributed by atoms with Crippen molar-refractivity contribution >= 4 is 5.78 Å². The third-order valence-electron chi connectivity index (χ3n) is 6.03. The van der Waals surface area contributed by atoms with E-state index in [-0.39, 0.29) is 23.0 Å². The van der Waals surface area contributed by atoms with Crippen molar-refractivity contribution in [3.63, 3.8) is 0 Å². The number of hydrogen-bond acceptors (Lipinski definition) is 3. The Labute approximate surface area is 147 Å². The molecule has 0 bridgehead atoms. The number of carbonyl (C=O) groups is 1. The highest BCUT2D eigenvalue weighted by Gasteiger charge is 2.50. The number of aromatic nitrogens is 2. The molecule has 4 rings (SSSR count). The first-order valence-electron chi connectivity index (χ1n) is 8.76. The van der Waals surface area contributed by atoms with Crippen LogP contribution in [0, 0.1) is 23.2 Å². The summed E-state index contributed by atoms with van der Waals surface area (Å²) in [6.07, 6.45) is 3.76. The molecule has 1 heterocycles. The number of Topliss-reactive ketones (excluding diaryl/α,β-unsaturated/α-hetero) is 1. The lowest BCUT2D eigenvalue weighted by Crippen LogP contribution is -2.46. The molecule has 0 amide bonds. The molecule has 3 atom stereocenters. The molecule has 2 aliphatic rings. The lowest BCUT2D eigenvalue weighted by Gasteiger charge is -2.45. The van der Waals surface area contributed by atoms with Crippen molar-refractivity contribution in [1.29, 1.82) is 5.26 Å². The smallest absolute Gasteiger partial charge is 0.176 e. The summed E-state index contributed by atoms with van der Waals surface area (Å²) < 4.78 is 1.96. The highest BCUT2D eigenvalue weighted by molar-refractivity contribution is 6.02. The number of aryl methyl sites for hydroxylation is 1. The number of ketones is 1. The topological polar surface area (TPSA) is 58.7 Å². The molecular formula is C21H21N3O. The van der Waals surface area contributed by atoms with E-state index >= 15 is 0 Å². The predicted octanol–water partition coefficient (Wildman–Crippen LogP) is 3.58. The standard InChI is InChI=1S/C21H21N3O/c1-13-17-10-9-16-18(14-7-5-4-6-8-14)23-24(3)20(16)21(17,2)11-15(12-22)19(13)25/h4-8,11,13,17H,9-10H2,1-3H3/t13-,17-,21-/m1/s1. The second-order valence-corrected chi connectivity index (χ2v) is 7.42. The molecule has 2 aromatic rings. The summed E-state index contributed by atoms with van der Waals surface area (Å²) in [6, 6.07) is 12.3. The Bertz CT molecular complexity index is 932. The van der Waals surface area contributed by atoms with E-state index in [1.54, 1.807) is 0 Å². The van der Waals surface area contributed by atoms with Gasteiger partial charge in [-0.3, -0.25) is 9.48 Å². The van der Waals surface area contributed by atoms with Crippen LogP contribution in [0.4, 0.5) is 0 Å². The van der Waals surface area contributed by atoms with E-state index in [0.717, 1.165) is 29.8 Å². The van der Waals surface area contributed by atoms with E-state index in [9.17, 15) is 10.1 Å². The first kappa shape index (κ1) is 15.8. The normalized spacial score (nSPS) is 27.9. The molecule has 0 unspecified atom stereocenters. The van der Waals surface area contributed by atoms with Gasteiger partial charge in [-0.05, 0) is 18.8 Å². The third-order valence-corrected chi connectivity index (χ3v) is 6.03. The fourth-order valence-electron chi connectivity index (χ4n) is 4.91. The van der Waals surface area contributed by atoms with Gasteiger partial charge in [0.05, 0.1) is 17.0 Å². The van der Waals surface area contributed by atoms with Crippen molar-refractivity contribution < 1.29 is 4.79 Å². The molecule has 25 heavy (non-hydrogen) atoms. The summed E-state index contributed by atoms with van der Waals surface area (Å²) in [5.74, 6) is 0.0652. The van der Waals surface area contributed by atoms with E-state index in [1.807, 2.05) is 42.9 Å². The van der Waals surface area contributed by atoms with Crippen LogP contribution in [-0.2, 0) is 23.7 Å². The van der Waals surface area contributed by atoms with Gasteiger partial charge in [-0.2, -0.15) is 10.4 Å². The van der Waals surface area contributed by atoms with Crippen LogP contribution in [0.1, 0.15) is 31.5 Å². The summed E-state index contributed by atoms with van der Waals surface area (Å²) in [7, 11) is 1.97. The Kier molecular flexibility index (Phi) is 3.43.